The quantitative estimate of drug-likeness (QED) is 0.500. The number of carboxylic acid groups (broad SMARTS) is 1. The maximum Gasteiger partial charge on any atom is 0.410 e. The van der Waals surface area contributed by atoms with Crippen LogP contribution in [0.3, 0.4) is 0 Å². The first-order valence-corrected chi connectivity index (χ1v) is 10.2. The van der Waals surface area contributed by atoms with E-state index in [0.717, 1.165) is 37.8 Å². The van der Waals surface area contributed by atoms with Gasteiger partial charge in [0.2, 0.25) is 0 Å². The van der Waals surface area contributed by atoms with Crippen LogP contribution in [-0.4, -0.2) is 40.3 Å². The Kier molecular flexibility index (Phi) is 8.09. The lowest BCUT2D eigenvalue weighted by molar-refractivity contribution is -0.142. The Morgan fingerprint density at radius 2 is 2.00 bits per heavy atom. The molecule has 0 aromatic heterocycles. The number of benzene rings is 1. The Balaban J connectivity index is 1.78. The van der Waals surface area contributed by atoms with E-state index in [-0.39, 0.29) is 18.1 Å². The van der Waals surface area contributed by atoms with Gasteiger partial charge < -0.3 is 14.7 Å². The second-order valence-electron chi connectivity index (χ2n) is 8.47. The summed E-state index contributed by atoms with van der Waals surface area (Å²) >= 11 is 0. The standard InChI is InChI=1S/C23H33NO4/c1-23(2,3)28-22(27)24-16-10-15-20(24)14-9-5-8-13-19(21(25)26)17-18-11-6-4-7-12-18/h4,6-7,9,11-12,14,19-20H,5,8,10,13,15-17H2,1-3H3,(H,25,26)/t19-,20+/m0/s1. The van der Waals surface area contributed by atoms with Crippen molar-refractivity contribution >= 4 is 12.1 Å². The number of amides is 1. The summed E-state index contributed by atoms with van der Waals surface area (Å²) in [4.78, 5) is 25.6. The van der Waals surface area contributed by atoms with Crippen LogP contribution in [0.5, 0.6) is 0 Å². The highest BCUT2D eigenvalue weighted by Gasteiger charge is 2.30. The number of carbonyl (C=O) groups excluding carboxylic acids is 1. The van der Waals surface area contributed by atoms with Gasteiger partial charge in [-0.2, -0.15) is 0 Å². The Bertz CT molecular complexity index is 663. The molecule has 0 aliphatic carbocycles. The van der Waals surface area contributed by atoms with E-state index in [1.807, 2.05) is 51.1 Å². The third kappa shape index (κ3) is 7.37. The molecule has 2 rings (SSSR count). The molecule has 1 aromatic carbocycles. The monoisotopic (exact) mass is 387 g/mol. The number of unbranched alkanes of at least 4 members (excludes halogenated alkanes) is 1. The number of allylic oxidation sites excluding steroid dienone is 1. The molecule has 0 bridgehead atoms. The molecule has 1 aromatic rings. The van der Waals surface area contributed by atoms with Gasteiger partial charge in [0, 0.05) is 6.54 Å². The summed E-state index contributed by atoms with van der Waals surface area (Å²) in [7, 11) is 0. The first kappa shape index (κ1) is 22.0. The van der Waals surface area contributed by atoms with Crippen LogP contribution in [0.1, 0.15) is 58.4 Å². The zero-order chi connectivity index (χ0) is 20.6. The second-order valence-corrected chi connectivity index (χ2v) is 8.47. The molecular formula is C23H33NO4. The highest BCUT2D eigenvalue weighted by molar-refractivity contribution is 5.70. The van der Waals surface area contributed by atoms with Gasteiger partial charge in [0.05, 0.1) is 12.0 Å². The molecule has 1 fully saturated rings. The van der Waals surface area contributed by atoms with Gasteiger partial charge in [0.15, 0.2) is 0 Å². The molecule has 1 saturated heterocycles. The molecule has 1 amide bonds. The molecule has 1 heterocycles. The van der Waals surface area contributed by atoms with E-state index < -0.39 is 11.6 Å². The number of hydrogen-bond donors (Lipinski definition) is 1. The van der Waals surface area contributed by atoms with Gasteiger partial charge in [0.1, 0.15) is 5.60 Å². The van der Waals surface area contributed by atoms with Crippen LogP contribution in [0.15, 0.2) is 42.5 Å². The topological polar surface area (TPSA) is 66.8 Å². The van der Waals surface area contributed by atoms with E-state index in [0.29, 0.717) is 12.8 Å². The lowest BCUT2D eigenvalue weighted by Crippen LogP contribution is -2.39. The van der Waals surface area contributed by atoms with Crippen LogP contribution < -0.4 is 0 Å². The van der Waals surface area contributed by atoms with Crippen molar-refractivity contribution in [3.05, 3.63) is 48.0 Å². The van der Waals surface area contributed by atoms with Crippen molar-refractivity contribution < 1.29 is 19.4 Å². The number of aliphatic carboxylic acids is 1. The van der Waals surface area contributed by atoms with E-state index >= 15 is 0 Å². The molecule has 1 aliphatic heterocycles. The van der Waals surface area contributed by atoms with Crippen molar-refractivity contribution in [3.63, 3.8) is 0 Å². The van der Waals surface area contributed by atoms with Crippen molar-refractivity contribution in [1.29, 1.82) is 0 Å². The predicted octanol–water partition coefficient (Wildman–Crippen LogP) is 5.06. The fourth-order valence-electron chi connectivity index (χ4n) is 3.49. The Hall–Kier alpha value is -2.30. The summed E-state index contributed by atoms with van der Waals surface area (Å²) in [5, 5.41) is 9.48. The number of ether oxygens (including phenoxy) is 1. The summed E-state index contributed by atoms with van der Waals surface area (Å²) in [6, 6.07) is 9.84. The van der Waals surface area contributed by atoms with Crippen LogP contribution >= 0.6 is 0 Å². The molecule has 0 saturated carbocycles. The largest absolute Gasteiger partial charge is 0.481 e. The third-order valence-electron chi connectivity index (χ3n) is 4.88. The first-order chi connectivity index (χ1) is 13.3. The van der Waals surface area contributed by atoms with E-state index in [1.165, 1.54) is 0 Å². The normalized spacial score (nSPS) is 18.4. The highest BCUT2D eigenvalue weighted by atomic mass is 16.6. The van der Waals surface area contributed by atoms with Crippen LogP contribution in [0, 0.1) is 5.92 Å². The summed E-state index contributed by atoms with van der Waals surface area (Å²) in [6.07, 6.45) is 8.67. The fourth-order valence-corrected chi connectivity index (χ4v) is 3.49. The van der Waals surface area contributed by atoms with Crippen LogP contribution in [0.2, 0.25) is 0 Å². The Morgan fingerprint density at radius 3 is 2.64 bits per heavy atom. The van der Waals surface area contributed by atoms with Crippen LogP contribution in [0.4, 0.5) is 4.79 Å². The minimum Gasteiger partial charge on any atom is -0.481 e. The Morgan fingerprint density at radius 1 is 1.29 bits per heavy atom. The predicted molar refractivity (Wildman–Crippen MR) is 110 cm³/mol. The van der Waals surface area contributed by atoms with Gasteiger partial charge in [-0.05, 0) is 64.9 Å². The van der Waals surface area contributed by atoms with Crippen molar-refractivity contribution in [2.75, 3.05) is 6.54 Å². The number of likely N-dealkylation sites (tertiary alicyclic amines) is 1. The van der Waals surface area contributed by atoms with E-state index in [9.17, 15) is 14.7 Å². The van der Waals surface area contributed by atoms with E-state index in [4.69, 9.17) is 4.74 Å². The van der Waals surface area contributed by atoms with Crippen LogP contribution in [-0.2, 0) is 16.0 Å². The van der Waals surface area contributed by atoms with Gasteiger partial charge in [-0.25, -0.2) is 4.79 Å². The minimum absolute atomic E-state index is 0.0782. The maximum atomic E-state index is 12.3. The van der Waals surface area contributed by atoms with Gasteiger partial charge in [0.25, 0.3) is 0 Å². The lowest BCUT2D eigenvalue weighted by atomic mass is 9.94. The van der Waals surface area contributed by atoms with Gasteiger partial charge in [-0.3, -0.25) is 4.79 Å². The smallest absolute Gasteiger partial charge is 0.410 e. The van der Waals surface area contributed by atoms with E-state index in [2.05, 4.69) is 12.2 Å². The van der Waals surface area contributed by atoms with Crippen molar-refractivity contribution in [3.8, 4) is 0 Å². The number of carbonyl (C=O) groups is 2. The summed E-state index contributed by atoms with van der Waals surface area (Å²) in [6.45, 7) is 6.35. The Labute approximate surface area is 168 Å². The average Bonchev–Trinajstić information content (AvgIpc) is 3.08. The van der Waals surface area contributed by atoms with Gasteiger partial charge >= 0.3 is 12.1 Å². The molecule has 0 unspecified atom stereocenters. The number of hydrogen-bond acceptors (Lipinski definition) is 3. The van der Waals surface area contributed by atoms with Crippen LogP contribution in [0.25, 0.3) is 0 Å². The average molecular weight is 388 g/mol. The summed E-state index contributed by atoms with van der Waals surface area (Å²) < 4.78 is 5.48. The molecule has 0 radical (unpaired) electrons. The SMILES string of the molecule is CC(C)(C)OC(=O)N1CCC[C@H]1C=CCCC[C@@H](Cc1ccccc1)C(=O)O. The lowest BCUT2D eigenvalue weighted by Gasteiger charge is -2.27. The molecule has 2 atom stereocenters. The zero-order valence-corrected chi connectivity index (χ0v) is 17.3. The fraction of sp³-hybridized carbons (Fsp3) is 0.565. The molecule has 154 valence electrons. The summed E-state index contributed by atoms with van der Waals surface area (Å²) in [5.41, 5.74) is 0.572. The molecule has 28 heavy (non-hydrogen) atoms. The zero-order valence-electron chi connectivity index (χ0n) is 17.3. The van der Waals surface area contributed by atoms with Crippen molar-refractivity contribution in [1.82, 2.24) is 4.90 Å². The first-order valence-electron chi connectivity index (χ1n) is 10.2. The van der Waals surface area contributed by atoms with Gasteiger partial charge in [-0.15, -0.1) is 0 Å². The third-order valence-corrected chi connectivity index (χ3v) is 4.88. The number of carboxylic acids is 1. The van der Waals surface area contributed by atoms with Crippen molar-refractivity contribution in [2.45, 2.75) is 70.9 Å². The molecule has 1 aliphatic rings. The highest BCUT2D eigenvalue weighted by Crippen LogP contribution is 2.22. The number of rotatable bonds is 8. The molecule has 5 heteroatoms. The summed E-state index contributed by atoms with van der Waals surface area (Å²) in [5.74, 6) is -1.10. The van der Waals surface area contributed by atoms with Crippen molar-refractivity contribution in [2.24, 2.45) is 5.92 Å². The van der Waals surface area contributed by atoms with E-state index in [1.54, 1.807) is 4.90 Å². The second kappa shape index (κ2) is 10.3. The van der Waals surface area contributed by atoms with Gasteiger partial charge in [-0.1, -0.05) is 42.5 Å². The molecular weight excluding hydrogens is 354 g/mol. The minimum atomic E-state index is -0.736. The molecule has 5 nitrogen and oxygen atoms in total. The maximum absolute atomic E-state index is 12.3. The molecule has 0 spiro atoms. The number of nitrogens with zero attached hydrogens (tertiary/aromatic N) is 1. The molecule has 1 N–H and O–H groups in total.